The van der Waals surface area contributed by atoms with Gasteiger partial charge in [0, 0.05) is 28.4 Å². The van der Waals surface area contributed by atoms with Crippen molar-refractivity contribution < 1.29 is 19.1 Å². The normalized spacial score (nSPS) is 14.5. The van der Waals surface area contributed by atoms with E-state index in [-0.39, 0.29) is 5.57 Å². The molecule has 0 saturated heterocycles. The Morgan fingerprint density at radius 1 is 0.867 bits per heavy atom. The van der Waals surface area contributed by atoms with Crippen LogP contribution in [-0.4, -0.2) is 21.5 Å². The molecule has 4 aromatic rings. The zero-order chi connectivity index (χ0) is 21.0. The molecule has 148 valence electrons. The van der Waals surface area contributed by atoms with Gasteiger partial charge in [0.2, 0.25) is 0 Å². The minimum atomic E-state index is -0.794. The zero-order valence-corrected chi connectivity index (χ0v) is 16.1. The highest BCUT2D eigenvalue weighted by atomic mass is 19.1. The van der Waals surface area contributed by atoms with Gasteiger partial charge in [-0.2, -0.15) is 0 Å². The van der Waals surface area contributed by atoms with Crippen LogP contribution in [0.15, 0.2) is 72.5 Å². The largest absolute Gasteiger partial charge is 0.502 e. The number of benzene rings is 3. The number of aliphatic hydroxyl groups excluding tert-OH is 1. The molecule has 2 heterocycles. The van der Waals surface area contributed by atoms with Crippen molar-refractivity contribution in [2.24, 2.45) is 0 Å². The second-order valence-corrected chi connectivity index (χ2v) is 7.14. The Hall–Kier alpha value is -3.93. The van der Waals surface area contributed by atoms with Crippen LogP contribution >= 0.6 is 0 Å². The summed E-state index contributed by atoms with van der Waals surface area (Å²) in [6, 6.07) is 18.4. The van der Waals surface area contributed by atoms with E-state index in [1.807, 2.05) is 30.3 Å². The first-order valence-electron chi connectivity index (χ1n) is 9.60. The van der Waals surface area contributed by atoms with E-state index in [0.29, 0.717) is 11.3 Å². The minimum Gasteiger partial charge on any atom is -0.502 e. The molecule has 30 heavy (non-hydrogen) atoms. The summed E-state index contributed by atoms with van der Waals surface area (Å²) >= 11 is 0. The summed E-state index contributed by atoms with van der Waals surface area (Å²) in [6.45, 7) is 2.84. The first-order valence-corrected chi connectivity index (χ1v) is 9.60. The average molecular weight is 400 g/mol. The van der Waals surface area contributed by atoms with Crippen LogP contribution in [0.1, 0.15) is 12.5 Å². The molecule has 0 saturated carbocycles. The molecule has 0 bridgehead atoms. The van der Waals surface area contributed by atoms with E-state index >= 15 is 0 Å². The van der Waals surface area contributed by atoms with Crippen molar-refractivity contribution in [1.29, 1.82) is 0 Å². The number of halogens is 1. The first kappa shape index (κ1) is 18.1. The molecule has 1 aliphatic heterocycles. The van der Waals surface area contributed by atoms with Gasteiger partial charge in [-0.25, -0.2) is 9.29 Å². The lowest BCUT2D eigenvalue weighted by Crippen LogP contribution is -2.31. The lowest BCUT2D eigenvalue weighted by molar-refractivity contribution is -0.121. The van der Waals surface area contributed by atoms with Crippen molar-refractivity contribution in [1.82, 2.24) is 4.57 Å². The predicted molar refractivity (Wildman–Crippen MR) is 114 cm³/mol. The molecule has 6 heteroatoms. The van der Waals surface area contributed by atoms with Crippen molar-refractivity contribution in [3.63, 3.8) is 0 Å². The third-order valence-corrected chi connectivity index (χ3v) is 5.52. The minimum absolute atomic E-state index is 0.129. The highest BCUT2D eigenvalue weighted by molar-refractivity contribution is 6.45. The summed E-state index contributed by atoms with van der Waals surface area (Å²) in [5.74, 6) is -2.53. The second-order valence-electron chi connectivity index (χ2n) is 7.14. The van der Waals surface area contributed by atoms with E-state index in [9.17, 15) is 19.1 Å². The Balaban J connectivity index is 1.64. The zero-order valence-electron chi connectivity index (χ0n) is 16.1. The Morgan fingerprint density at radius 2 is 1.57 bits per heavy atom. The molecule has 0 aliphatic carbocycles. The van der Waals surface area contributed by atoms with Crippen LogP contribution in [0.3, 0.4) is 0 Å². The van der Waals surface area contributed by atoms with Crippen LogP contribution in [0.4, 0.5) is 10.1 Å². The monoisotopic (exact) mass is 400 g/mol. The van der Waals surface area contributed by atoms with Crippen LogP contribution in [0, 0.1) is 5.82 Å². The van der Waals surface area contributed by atoms with Gasteiger partial charge in [0.05, 0.1) is 11.3 Å². The molecule has 2 amide bonds. The maximum absolute atomic E-state index is 13.3. The maximum Gasteiger partial charge on any atom is 0.301 e. The van der Waals surface area contributed by atoms with E-state index in [1.54, 1.807) is 12.1 Å². The first-order chi connectivity index (χ1) is 14.5. The van der Waals surface area contributed by atoms with Gasteiger partial charge in [-0.15, -0.1) is 0 Å². The van der Waals surface area contributed by atoms with Crippen molar-refractivity contribution in [3.05, 3.63) is 83.9 Å². The number of aryl methyl sites for hydroxylation is 1. The number of amides is 2. The van der Waals surface area contributed by atoms with Crippen molar-refractivity contribution >= 4 is 44.9 Å². The fourth-order valence-corrected chi connectivity index (χ4v) is 4.15. The number of aliphatic hydroxyl groups is 1. The molecule has 3 aromatic carbocycles. The van der Waals surface area contributed by atoms with Crippen molar-refractivity contribution in [2.45, 2.75) is 13.5 Å². The Kier molecular flexibility index (Phi) is 3.96. The van der Waals surface area contributed by atoms with Crippen LogP contribution in [0.2, 0.25) is 0 Å². The number of fused-ring (bicyclic) bond motifs is 3. The Morgan fingerprint density at radius 3 is 2.30 bits per heavy atom. The van der Waals surface area contributed by atoms with E-state index in [2.05, 4.69) is 11.5 Å². The van der Waals surface area contributed by atoms with Crippen LogP contribution in [0.25, 0.3) is 27.4 Å². The molecule has 5 nitrogen and oxygen atoms in total. The van der Waals surface area contributed by atoms with Gasteiger partial charge in [-0.3, -0.25) is 9.59 Å². The summed E-state index contributed by atoms with van der Waals surface area (Å²) in [5.41, 5.74) is 2.60. The van der Waals surface area contributed by atoms with Crippen LogP contribution in [0.5, 0.6) is 0 Å². The predicted octanol–water partition coefficient (Wildman–Crippen LogP) is 4.80. The van der Waals surface area contributed by atoms with E-state index < -0.39 is 23.4 Å². The highest BCUT2D eigenvalue weighted by Gasteiger charge is 2.40. The van der Waals surface area contributed by atoms with Gasteiger partial charge in [-0.1, -0.05) is 30.3 Å². The van der Waals surface area contributed by atoms with Crippen molar-refractivity contribution in [2.75, 3.05) is 4.90 Å². The third-order valence-electron chi connectivity index (χ3n) is 5.52. The molecule has 0 fully saturated rings. The van der Waals surface area contributed by atoms with Crippen LogP contribution in [-0.2, 0) is 16.1 Å². The highest BCUT2D eigenvalue weighted by Crippen LogP contribution is 2.36. The lowest BCUT2D eigenvalue weighted by Gasteiger charge is -2.15. The number of rotatable bonds is 3. The van der Waals surface area contributed by atoms with Gasteiger partial charge < -0.3 is 9.67 Å². The molecule has 0 spiro atoms. The molecule has 1 N–H and O–H groups in total. The molecule has 0 atom stereocenters. The lowest BCUT2D eigenvalue weighted by atomic mass is 10.1. The van der Waals surface area contributed by atoms with Gasteiger partial charge in [0.1, 0.15) is 5.82 Å². The van der Waals surface area contributed by atoms with Gasteiger partial charge in [0.15, 0.2) is 5.76 Å². The average Bonchev–Trinajstić information content (AvgIpc) is 3.19. The number of para-hydroxylation sites is 1. The summed E-state index contributed by atoms with van der Waals surface area (Å²) in [4.78, 5) is 26.8. The molecule has 0 radical (unpaired) electrons. The van der Waals surface area contributed by atoms with Crippen molar-refractivity contribution in [3.8, 4) is 0 Å². The number of hydrogen-bond acceptors (Lipinski definition) is 3. The van der Waals surface area contributed by atoms with Gasteiger partial charge in [-0.05, 0) is 48.9 Å². The Labute approximate surface area is 171 Å². The summed E-state index contributed by atoms with van der Waals surface area (Å²) in [7, 11) is 0. The SMILES string of the molecule is CCn1c2ccccc2c2cc(N3C(=O)C(O)=C(c4ccc(F)cc4)C3=O)ccc21. The van der Waals surface area contributed by atoms with Gasteiger partial charge >= 0.3 is 5.91 Å². The summed E-state index contributed by atoms with van der Waals surface area (Å²) in [5, 5.41) is 12.3. The number of imide groups is 1. The molecule has 5 rings (SSSR count). The molecule has 1 aromatic heterocycles. The number of carbonyl (C=O) groups is 2. The fraction of sp³-hybridized carbons (Fsp3) is 0.0833. The molecular formula is C24H17FN2O3. The second kappa shape index (κ2) is 6.56. The van der Waals surface area contributed by atoms with E-state index in [4.69, 9.17) is 0 Å². The molecule has 1 aliphatic rings. The number of nitrogens with zero attached hydrogens (tertiary/aromatic N) is 2. The van der Waals surface area contributed by atoms with Crippen LogP contribution < -0.4 is 4.90 Å². The standard InChI is InChI=1S/C24H17FN2O3/c1-2-26-19-6-4-3-5-17(19)18-13-16(11-12-20(18)26)27-23(29)21(22(28)24(27)30)14-7-9-15(25)10-8-14/h3-13,28H,2H2,1H3. The topological polar surface area (TPSA) is 62.5 Å². The quantitative estimate of drug-likeness (QED) is 0.503. The summed E-state index contributed by atoms with van der Waals surface area (Å²) in [6.07, 6.45) is 0. The number of hydrogen-bond donors (Lipinski definition) is 1. The third kappa shape index (κ3) is 2.47. The Bertz CT molecular complexity index is 1380. The summed E-state index contributed by atoms with van der Waals surface area (Å²) < 4.78 is 15.4. The number of anilines is 1. The molecular weight excluding hydrogens is 383 g/mol. The molecule has 0 unspecified atom stereocenters. The fourth-order valence-electron chi connectivity index (χ4n) is 4.15. The maximum atomic E-state index is 13.3. The van der Waals surface area contributed by atoms with E-state index in [1.165, 1.54) is 24.3 Å². The van der Waals surface area contributed by atoms with Gasteiger partial charge in [0.25, 0.3) is 5.91 Å². The van der Waals surface area contributed by atoms with E-state index in [0.717, 1.165) is 33.3 Å². The smallest absolute Gasteiger partial charge is 0.301 e. The number of aromatic nitrogens is 1. The number of carbonyl (C=O) groups excluding carboxylic acids is 2.